The molecule has 2 atom stereocenters. The third-order valence-electron chi connectivity index (χ3n) is 4.65. The smallest absolute Gasteiger partial charge is 0.305 e. The number of carbonyl (C=O) groups is 7. The Hall–Kier alpha value is -4.39. The first-order valence-corrected chi connectivity index (χ1v) is 11.4. The number of carbonyl (C=O) groups excluding carboxylic acids is 6. The Morgan fingerprint density at radius 1 is 1.06 bits per heavy atom. The molecule has 1 aromatic carbocycles. The van der Waals surface area contributed by atoms with Crippen molar-refractivity contribution in [3.8, 4) is 0 Å². The number of rotatable bonds is 12. The van der Waals surface area contributed by atoms with Gasteiger partial charge in [-0.25, -0.2) is 0 Å². The number of nitrogens with zero attached hydrogens (tertiary/aromatic N) is 1. The minimum Gasteiger partial charge on any atom is -0.481 e. The van der Waals surface area contributed by atoms with Gasteiger partial charge in [-0.1, -0.05) is 18.2 Å². The number of aliphatic carboxylic acids is 1. The second kappa shape index (κ2) is 12.9. The van der Waals surface area contributed by atoms with Gasteiger partial charge in [0.1, 0.15) is 18.9 Å². The number of aldehydes is 1. The molecule has 0 aliphatic rings. The highest BCUT2D eigenvalue weighted by atomic mass is 32.1. The summed E-state index contributed by atoms with van der Waals surface area (Å²) in [5.74, 6) is -5.31. The Bertz CT molecular complexity index is 1160. The van der Waals surface area contributed by atoms with Gasteiger partial charge in [0, 0.05) is 6.92 Å². The summed E-state index contributed by atoms with van der Waals surface area (Å²) >= 11 is 1.06. The molecule has 0 aliphatic heterocycles. The number of hydrogen-bond donors (Lipinski definition) is 4. The van der Waals surface area contributed by atoms with E-state index in [9.17, 15) is 33.6 Å². The van der Waals surface area contributed by atoms with Crippen LogP contribution in [0.15, 0.2) is 41.8 Å². The summed E-state index contributed by atoms with van der Waals surface area (Å²) in [4.78, 5) is 85.5. The van der Waals surface area contributed by atoms with E-state index >= 15 is 0 Å². The third kappa shape index (κ3) is 7.84. The van der Waals surface area contributed by atoms with Crippen molar-refractivity contribution in [2.75, 3.05) is 16.8 Å². The summed E-state index contributed by atoms with van der Waals surface area (Å²) in [5.41, 5.74) is 0.274. The summed E-state index contributed by atoms with van der Waals surface area (Å²) < 4.78 is 0. The second-order valence-corrected chi connectivity index (χ2v) is 8.48. The van der Waals surface area contributed by atoms with E-state index in [0.717, 1.165) is 16.2 Å². The Kier molecular flexibility index (Phi) is 9.98. The zero-order valence-corrected chi connectivity index (χ0v) is 20.2. The fourth-order valence-electron chi connectivity index (χ4n) is 3.08. The van der Waals surface area contributed by atoms with Crippen LogP contribution in [0.3, 0.4) is 0 Å². The van der Waals surface area contributed by atoms with Crippen LogP contribution in [0, 0.1) is 0 Å². The van der Waals surface area contributed by atoms with Crippen LogP contribution >= 0.6 is 11.3 Å². The highest BCUT2D eigenvalue weighted by Crippen LogP contribution is 2.26. The molecule has 0 bridgehead atoms. The third-order valence-corrected chi connectivity index (χ3v) is 5.52. The molecule has 2 aromatic rings. The summed E-state index contributed by atoms with van der Waals surface area (Å²) in [7, 11) is 0. The number of benzene rings is 1. The number of anilines is 2. The van der Waals surface area contributed by atoms with Crippen LogP contribution in [0.2, 0.25) is 0 Å². The van der Waals surface area contributed by atoms with E-state index in [1.165, 1.54) is 32.0 Å². The number of para-hydroxylation sites is 2. The van der Waals surface area contributed by atoms with E-state index < -0.39 is 60.4 Å². The van der Waals surface area contributed by atoms with E-state index in [1.54, 1.807) is 23.6 Å². The van der Waals surface area contributed by atoms with Crippen LogP contribution in [-0.2, 0) is 28.8 Å². The van der Waals surface area contributed by atoms with Gasteiger partial charge in [-0.15, -0.1) is 11.3 Å². The van der Waals surface area contributed by atoms with Crippen LogP contribution in [0.25, 0.3) is 0 Å². The number of carboxylic acid groups (broad SMARTS) is 1. The lowest BCUT2D eigenvalue weighted by Gasteiger charge is -2.28. The molecule has 2 unspecified atom stereocenters. The van der Waals surface area contributed by atoms with Gasteiger partial charge < -0.3 is 25.9 Å². The summed E-state index contributed by atoms with van der Waals surface area (Å²) in [6.07, 6.45) is -0.411. The average Bonchev–Trinajstić information content (AvgIpc) is 3.36. The molecule has 0 fully saturated rings. The van der Waals surface area contributed by atoms with Crippen LogP contribution in [0.1, 0.15) is 29.9 Å². The maximum absolute atomic E-state index is 13.3. The number of hydrogen-bond acceptors (Lipinski definition) is 8. The summed E-state index contributed by atoms with van der Waals surface area (Å²) in [5, 5.41) is 17.6. The Balaban J connectivity index is 2.31. The highest BCUT2D eigenvalue weighted by Gasteiger charge is 2.30. The molecule has 2 rings (SSSR count). The number of ketones is 1. The molecule has 1 heterocycles. The van der Waals surface area contributed by atoms with Crippen molar-refractivity contribution in [1.82, 2.24) is 10.6 Å². The lowest BCUT2D eigenvalue weighted by Crippen LogP contribution is -2.52. The fraction of sp³-hybridized carbons (Fsp3) is 0.261. The van der Waals surface area contributed by atoms with Crippen molar-refractivity contribution >= 4 is 64.4 Å². The molecule has 0 saturated heterocycles. The molecule has 4 N–H and O–H groups in total. The van der Waals surface area contributed by atoms with Crippen molar-refractivity contribution in [1.29, 1.82) is 0 Å². The van der Waals surface area contributed by atoms with Gasteiger partial charge in [0.25, 0.3) is 11.7 Å². The van der Waals surface area contributed by atoms with E-state index in [-0.39, 0.29) is 22.5 Å². The molecule has 12 nitrogen and oxygen atoms in total. The minimum atomic E-state index is -1.34. The van der Waals surface area contributed by atoms with Crippen molar-refractivity contribution in [2.45, 2.75) is 32.4 Å². The lowest BCUT2D eigenvalue weighted by molar-refractivity contribution is -0.139. The Morgan fingerprint density at radius 3 is 2.33 bits per heavy atom. The summed E-state index contributed by atoms with van der Waals surface area (Å²) in [6, 6.07) is 6.49. The number of amides is 4. The van der Waals surface area contributed by atoms with Gasteiger partial charge in [-0.3, -0.25) is 33.7 Å². The first-order chi connectivity index (χ1) is 17.0. The SMILES string of the molecule is CC(=O)Nc1ccccc1N(CC(=O)NC(C=O)CC(=O)O)C(=O)C(C)NC(=O)C(=O)c1cccs1. The largest absolute Gasteiger partial charge is 0.481 e. The van der Waals surface area contributed by atoms with Gasteiger partial charge in [0.15, 0.2) is 0 Å². The first-order valence-electron chi connectivity index (χ1n) is 10.6. The maximum Gasteiger partial charge on any atom is 0.305 e. The maximum atomic E-state index is 13.3. The lowest BCUT2D eigenvalue weighted by atomic mass is 10.1. The number of thiophene rings is 1. The fourth-order valence-corrected chi connectivity index (χ4v) is 3.74. The average molecular weight is 517 g/mol. The zero-order chi connectivity index (χ0) is 26.8. The second-order valence-electron chi connectivity index (χ2n) is 7.53. The molecule has 4 amide bonds. The van der Waals surface area contributed by atoms with Crippen LogP contribution in [0.4, 0.5) is 11.4 Å². The van der Waals surface area contributed by atoms with Crippen LogP contribution in [-0.4, -0.2) is 65.4 Å². The van der Waals surface area contributed by atoms with Gasteiger partial charge in [0.2, 0.25) is 17.7 Å². The summed E-state index contributed by atoms with van der Waals surface area (Å²) in [6.45, 7) is 1.88. The monoisotopic (exact) mass is 516 g/mol. The van der Waals surface area contributed by atoms with Crippen molar-refractivity contribution < 1.29 is 38.7 Å². The van der Waals surface area contributed by atoms with Crippen LogP contribution in [0.5, 0.6) is 0 Å². The molecular formula is C23H24N4O8S. The van der Waals surface area contributed by atoms with Crippen molar-refractivity contribution in [2.24, 2.45) is 0 Å². The molecule has 0 radical (unpaired) electrons. The predicted molar refractivity (Wildman–Crippen MR) is 130 cm³/mol. The quantitative estimate of drug-likeness (QED) is 0.180. The molecule has 0 aliphatic carbocycles. The molecule has 0 spiro atoms. The number of nitrogens with one attached hydrogen (secondary N) is 3. The van der Waals surface area contributed by atoms with E-state index in [2.05, 4.69) is 16.0 Å². The number of Topliss-reactive ketones (excluding diaryl/α,β-unsaturated/α-hetero) is 1. The van der Waals surface area contributed by atoms with Gasteiger partial charge in [-0.05, 0) is 30.5 Å². The van der Waals surface area contributed by atoms with Gasteiger partial charge in [0.05, 0.1) is 28.7 Å². The van der Waals surface area contributed by atoms with E-state index in [0.29, 0.717) is 0 Å². The van der Waals surface area contributed by atoms with E-state index in [1.807, 2.05) is 0 Å². The molecule has 36 heavy (non-hydrogen) atoms. The Labute approximate surface area is 209 Å². The van der Waals surface area contributed by atoms with Crippen LogP contribution < -0.4 is 20.9 Å². The molecule has 13 heteroatoms. The minimum absolute atomic E-state index is 0.0967. The molecular weight excluding hydrogens is 492 g/mol. The van der Waals surface area contributed by atoms with E-state index in [4.69, 9.17) is 5.11 Å². The molecule has 190 valence electrons. The normalized spacial score (nSPS) is 11.9. The Morgan fingerprint density at radius 2 is 1.75 bits per heavy atom. The van der Waals surface area contributed by atoms with Gasteiger partial charge >= 0.3 is 5.97 Å². The molecule has 1 aromatic heterocycles. The zero-order valence-electron chi connectivity index (χ0n) is 19.3. The van der Waals surface area contributed by atoms with Gasteiger partial charge in [-0.2, -0.15) is 0 Å². The first kappa shape index (κ1) is 27.9. The highest BCUT2D eigenvalue weighted by molar-refractivity contribution is 7.13. The topological polar surface area (TPSA) is 179 Å². The van der Waals surface area contributed by atoms with Crippen molar-refractivity contribution in [3.05, 3.63) is 46.7 Å². The standard InChI is InChI=1S/C23H24N4O8S/c1-13(24-22(34)21(33)18-8-5-9-36-18)23(35)27(11-19(30)26-15(12-28)10-20(31)32)17-7-4-3-6-16(17)25-14(2)29/h3-9,12-13,15H,10-11H2,1-2H3,(H,24,34)(H,25,29)(H,26,30)(H,31,32). The molecule has 0 saturated carbocycles. The van der Waals surface area contributed by atoms with Crippen molar-refractivity contribution in [3.63, 3.8) is 0 Å². The predicted octanol–water partition coefficient (Wildman–Crippen LogP) is 0.585. The number of carboxylic acids is 1.